The summed E-state index contributed by atoms with van der Waals surface area (Å²) >= 11 is 1.67. The molecule has 1 heterocycles. The van der Waals surface area contributed by atoms with Gasteiger partial charge in [0.2, 0.25) is 0 Å². The molecule has 0 bridgehead atoms. The lowest BCUT2D eigenvalue weighted by Crippen LogP contribution is -2.49. The van der Waals surface area contributed by atoms with E-state index in [0.29, 0.717) is 17.3 Å². The third-order valence-corrected chi connectivity index (χ3v) is 23.5. The molecule has 47 heavy (non-hydrogen) atoms. The van der Waals surface area contributed by atoms with E-state index in [0.717, 1.165) is 36.5 Å². The Hall–Kier alpha value is -0.766. The number of aliphatic hydroxyl groups excluding tert-OH is 1. The lowest BCUT2D eigenvalue weighted by atomic mass is 9.60. The molecule has 0 aliphatic heterocycles. The molecule has 3 fully saturated rings. The van der Waals surface area contributed by atoms with E-state index in [9.17, 15) is 5.11 Å². The van der Waals surface area contributed by atoms with Crippen molar-refractivity contribution in [1.82, 2.24) is 0 Å². The molecule has 3 unspecified atom stereocenters. The van der Waals surface area contributed by atoms with Gasteiger partial charge >= 0.3 is 0 Å². The number of aliphatic hydroxyl groups is 1. The largest absolute Gasteiger partial charge is 0.413 e. The number of hydrogen-bond acceptors (Lipinski definition) is 4. The number of rotatable bonds is 11. The van der Waals surface area contributed by atoms with Crippen LogP contribution in [0, 0.1) is 23.2 Å². The minimum Gasteiger partial charge on any atom is -0.413 e. The van der Waals surface area contributed by atoms with Gasteiger partial charge in [0.05, 0.1) is 18.3 Å². The van der Waals surface area contributed by atoms with Crippen LogP contribution in [0.2, 0.25) is 36.3 Å². The topological polar surface area (TPSA) is 38.7 Å². The second-order valence-corrected chi connectivity index (χ2v) is 29.3. The standard InChI is InChI=1S/C41H70O3SSi2/c1-29(17-14-19-36(42)38-20-16-26-45-38)34-23-24-35-31(18-15-25-41(34,35)9)21-22-32-27-33(43-46(10,11)39(3,4)5)28-37(30(32)2)44-47(12,13)40(6,7)8/h16,20-22,26,29,33-37,42H,2,14-15,17-19,23-25,27-28H2,1,3-13H3/b31-21+,32-22-/t29-,33?,34-,35+,36?,37?,41-/m1/s1. The number of allylic oxidation sites excluding steroid dienone is 3. The summed E-state index contributed by atoms with van der Waals surface area (Å²) in [5.74, 6) is 2.13. The first-order valence-electron chi connectivity index (χ1n) is 18.8. The van der Waals surface area contributed by atoms with Gasteiger partial charge in [0.25, 0.3) is 0 Å². The molecule has 0 amide bonds. The summed E-state index contributed by atoms with van der Waals surface area (Å²) in [7, 11) is -3.91. The molecule has 0 spiro atoms. The average molecular weight is 699 g/mol. The molecule has 3 nitrogen and oxygen atoms in total. The molecule has 266 valence electrons. The Morgan fingerprint density at radius 2 is 1.68 bits per heavy atom. The summed E-state index contributed by atoms with van der Waals surface area (Å²) in [6.07, 6.45) is 16.4. The van der Waals surface area contributed by atoms with E-state index in [1.54, 1.807) is 16.9 Å². The molecule has 1 N–H and O–H groups in total. The van der Waals surface area contributed by atoms with Gasteiger partial charge in [-0.25, -0.2) is 0 Å². The summed E-state index contributed by atoms with van der Waals surface area (Å²) in [4.78, 5) is 1.11. The maximum atomic E-state index is 10.6. The molecule has 6 heteroatoms. The zero-order valence-corrected chi connectivity index (χ0v) is 35.1. The predicted molar refractivity (Wildman–Crippen MR) is 209 cm³/mol. The van der Waals surface area contributed by atoms with Crippen LogP contribution < -0.4 is 0 Å². The second-order valence-electron chi connectivity index (χ2n) is 18.8. The van der Waals surface area contributed by atoms with Gasteiger partial charge in [0, 0.05) is 11.3 Å². The number of hydrogen-bond donors (Lipinski definition) is 1. The zero-order valence-electron chi connectivity index (χ0n) is 32.3. The van der Waals surface area contributed by atoms with Crippen LogP contribution in [-0.2, 0) is 8.85 Å². The molecule has 1 aromatic heterocycles. The van der Waals surface area contributed by atoms with Crippen LogP contribution >= 0.6 is 11.3 Å². The Morgan fingerprint density at radius 1 is 1.02 bits per heavy atom. The number of thiophene rings is 1. The van der Waals surface area contributed by atoms with Crippen molar-refractivity contribution in [2.24, 2.45) is 23.2 Å². The minimum absolute atomic E-state index is 0.0238. The van der Waals surface area contributed by atoms with Gasteiger partial charge in [-0.05, 0) is 127 Å². The molecular weight excluding hydrogens is 629 g/mol. The molecule has 4 rings (SSSR count). The minimum atomic E-state index is -1.98. The Morgan fingerprint density at radius 3 is 2.30 bits per heavy atom. The average Bonchev–Trinajstić information content (AvgIpc) is 3.60. The van der Waals surface area contributed by atoms with E-state index < -0.39 is 16.6 Å². The predicted octanol–water partition coefficient (Wildman–Crippen LogP) is 12.8. The fourth-order valence-electron chi connectivity index (χ4n) is 8.44. The Bertz CT molecular complexity index is 1260. The van der Waals surface area contributed by atoms with Crippen molar-refractivity contribution in [2.75, 3.05) is 0 Å². The quantitative estimate of drug-likeness (QED) is 0.234. The maximum absolute atomic E-state index is 10.6. The van der Waals surface area contributed by atoms with Crippen LogP contribution in [0.3, 0.4) is 0 Å². The van der Waals surface area contributed by atoms with Crippen molar-refractivity contribution >= 4 is 28.0 Å². The molecular formula is C41H70O3SSi2. The van der Waals surface area contributed by atoms with Gasteiger partial charge in [-0.1, -0.05) is 98.6 Å². The highest BCUT2D eigenvalue weighted by atomic mass is 32.1. The highest BCUT2D eigenvalue weighted by Gasteiger charge is 2.50. The summed E-state index contributed by atoms with van der Waals surface area (Å²) in [5, 5.41) is 13.0. The zero-order chi connectivity index (χ0) is 35.0. The van der Waals surface area contributed by atoms with Gasteiger partial charge in [-0.15, -0.1) is 11.3 Å². The Kier molecular flexibility index (Phi) is 12.3. The van der Waals surface area contributed by atoms with Crippen molar-refractivity contribution in [3.8, 4) is 0 Å². The van der Waals surface area contributed by atoms with Crippen LogP contribution in [0.5, 0.6) is 0 Å². The summed E-state index contributed by atoms with van der Waals surface area (Å²) in [5.41, 5.74) is 4.56. The molecule has 0 aromatic carbocycles. The van der Waals surface area contributed by atoms with Crippen LogP contribution in [-0.4, -0.2) is 33.9 Å². The smallest absolute Gasteiger partial charge is 0.192 e. The Balaban J connectivity index is 1.51. The van der Waals surface area contributed by atoms with E-state index in [4.69, 9.17) is 15.4 Å². The molecule has 0 saturated heterocycles. The molecule has 3 saturated carbocycles. The van der Waals surface area contributed by atoms with Gasteiger partial charge in [0.1, 0.15) is 0 Å². The first kappa shape index (κ1) is 39.0. The SMILES string of the molecule is C=C1/C(=C\C=C2/CCC[C@]3(C)[C@@H]([C@H](C)CCCC(O)c4cccs4)CC[C@@H]23)CC(O[Si](C)(C)C(C)(C)C)CC1O[Si](C)(C)C(C)(C)C. The second kappa shape index (κ2) is 14.8. The third-order valence-electron chi connectivity index (χ3n) is 13.5. The summed E-state index contributed by atoms with van der Waals surface area (Å²) in [6, 6.07) is 4.11. The molecule has 0 radical (unpaired) electrons. The fourth-order valence-corrected chi connectivity index (χ4v) is 11.9. The van der Waals surface area contributed by atoms with Crippen molar-refractivity contribution in [3.05, 3.63) is 57.8 Å². The van der Waals surface area contributed by atoms with E-state index in [2.05, 4.69) is 105 Å². The van der Waals surface area contributed by atoms with Gasteiger partial charge < -0.3 is 14.0 Å². The van der Waals surface area contributed by atoms with Crippen LogP contribution in [0.15, 0.2) is 53.0 Å². The highest BCUT2D eigenvalue weighted by molar-refractivity contribution is 7.10. The molecule has 7 atom stereocenters. The molecule has 3 aliphatic carbocycles. The van der Waals surface area contributed by atoms with Crippen LogP contribution in [0.1, 0.15) is 131 Å². The summed E-state index contributed by atoms with van der Waals surface area (Å²) < 4.78 is 14.2. The maximum Gasteiger partial charge on any atom is 0.192 e. The summed E-state index contributed by atoms with van der Waals surface area (Å²) in [6.45, 7) is 33.3. The fraction of sp³-hybridized carbons (Fsp3) is 0.756. The van der Waals surface area contributed by atoms with Crippen molar-refractivity contribution < 1.29 is 14.0 Å². The first-order chi connectivity index (χ1) is 21.7. The highest BCUT2D eigenvalue weighted by Crippen LogP contribution is 2.60. The Labute approximate surface area is 296 Å². The van der Waals surface area contributed by atoms with Crippen LogP contribution in [0.4, 0.5) is 0 Å². The van der Waals surface area contributed by atoms with Gasteiger partial charge in [-0.2, -0.15) is 0 Å². The van der Waals surface area contributed by atoms with E-state index in [1.807, 2.05) is 6.07 Å². The normalized spacial score (nSPS) is 31.0. The van der Waals surface area contributed by atoms with Gasteiger partial charge in [-0.3, -0.25) is 0 Å². The first-order valence-corrected chi connectivity index (χ1v) is 25.5. The van der Waals surface area contributed by atoms with Crippen molar-refractivity contribution in [2.45, 2.75) is 174 Å². The number of fused-ring (bicyclic) bond motifs is 1. The van der Waals surface area contributed by atoms with Gasteiger partial charge in [0.15, 0.2) is 16.6 Å². The van der Waals surface area contributed by atoms with E-state index in [-0.39, 0.29) is 28.4 Å². The van der Waals surface area contributed by atoms with Crippen molar-refractivity contribution in [1.29, 1.82) is 0 Å². The molecule has 3 aliphatic rings. The third kappa shape index (κ3) is 8.94. The molecule has 1 aromatic rings. The van der Waals surface area contributed by atoms with E-state index in [1.165, 1.54) is 49.7 Å². The lowest BCUT2D eigenvalue weighted by molar-refractivity contribution is 0.0899. The van der Waals surface area contributed by atoms with Crippen LogP contribution in [0.25, 0.3) is 0 Å². The monoisotopic (exact) mass is 698 g/mol. The lowest BCUT2D eigenvalue weighted by Gasteiger charge is -2.46. The van der Waals surface area contributed by atoms with Crippen molar-refractivity contribution in [3.63, 3.8) is 0 Å². The van der Waals surface area contributed by atoms with E-state index >= 15 is 0 Å².